The third kappa shape index (κ3) is 4.70. The average molecular weight is 447 g/mol. The van der Waals surface area contributed by atoms with Crippen molar-refractivity contribution in [1.82, 2.24) is 10.6 Å². The molecule has 33 heavy (non-hydrogen) atoms. The van der Waals surface area contributed by atoms with E-state index >= 15 is 0 Å². The predicted molar refractivity (Wildman–Crippen MR) is 122 cm³/mol. The molecule has 4 rings (SSSR count). The van der Waals surface area contributed by atoms with Crippen LogP contribution < -0.4 is 10.6 Å². The van der Waals surface area contributed by atoms with Gasteiger partial charge in [-0.15, -0.1) is 11.8 Å². The van der Waals surface area contributed by atoms with Crippen LogP contribution >= 0.6 is 0 Å². The van der Waals surface area contributed by atoms with Crippen molar-refractivity contribution in [3.8, 4) is 23.0 Å². The molecule has 0 bridgehead atoms. The van der Waals surface area contributed by atoms with Gasteiger partial charge in [-0.1, -0.05) is 48.5 Å². The first-order valence-corrected chi connectivity index (χ1v) is 11.0. The number of benzene rings is 2. The Balaban J connectivity index is 1.32. The number of nitrogens with one attached hydrogen (secondary N) is 2. The number of carbonyl (C=O) groups excluding carboxylic acids is 2. The number of carboxylic acids is 1. The summed E-state index contributed by atoms with van der Waals surface area (Å²) < 4.78 is 5.52. The van der Waals surface area contributed by atoms with Gasteiger partial charge in [-0.2, -0.15) is 0 Å². The topological polar surface area (TPSA) is 105 Å². The zero-order chi connectivity index (χ0) is 23.4. The summed E-state index contributed by atoms with van der Waals surface area (Å²) in [5.74, 6) is 3.75. The van der Waals surface area contributed by atoms with Crippen LogP contribution in [0.4, 0.5) is 4.79 Å². The number of aliphatic carboxylic acids is 1. The Morgan fingerprint density at radius 3 is 2.24 bits per heavy atom. The first-order valence-electron chi connectivity index (χ1n) is 11.0. The lowest BCUT2D eigenvalue weighted by Crippen LogP contribution is -2.47. The number of carbonyl (C=O) groups is 3. The number of rotatable bonds is 8. The second-order valence-corrected chi connectivity index (χ2v) is 8.45. The average Bonchev–Trinajstić information content (AvgIpc) is 3.55. The maximum absolute atomic E-state index is 12.6. The number of ether oxygens (including phenoxy) is 1. The van der Waals surface area contributed by atoms with Crippen LogP contribution in [-0.2, 0) is 14.3 Å². The van der Waals surface area contributed by atoms with Gasteiger partial charge in [-0.25, -0.2) is 9.59 Å². The molecule has 1 unspecified atom stereocenters. The van der Waals surface area contributed by atoms with Crippen LogP contribution in [0.2, 0.25) is 0 Å². The van der Waals surface area contributed by atoms with Crippen LogP contribution in [0.15, 0.2) is 48.5 Å². The van der Waals surface area contributed by atoms with Crippen molar-refractivity contribution in [2.24, 2.45) is 5.41 Å². The highest BCUT2D eigenvalue weighted by Crippen LogP contribution is 2.46. The molecule has 2 aromatic carbocycles. The molecular weight excluding hydrogens is 420 g/mol. The number of carboxylic acid groups (broad SMARTS) is 1. The second-order valence-electron chi connectivity index (χ2n) is 8.45. The number of hydrogen-bond donors (Lipinski definition) is 3. The Labute approximate surface area is 192 Å². The van der Waals surface area contributed by atoms with E-state index in [-0.39, 0.29) is 31.4 Å². The van der Waals surface area contributed by atoms with Gasteiger partial charge in [0.2, 0.25) is 5.91 Å². The van der Waals surface area contributed by atoms with Crippen molar-refractivity contribution >= 4 is 18.0 Å². The molecule has 0 aromatic heterocycles. The molecule has 0 saturated heterocycles. The fourth-order valence-electron chi connectivity index (χ4n) is 4.24. The summed E-state index contributed by atoms with van der Waals surface area (Å²) in [4.78, 5) is 36.4. The van der Waals surface area contributed by atoms with Crippen molar-refractivity contribution in [3.63, 3.8) is 0 Å². The maximum Gasteiger partial charge on any atom is 0.407 e. The number of hydrogen-bond acceptors (Lipinski definition) is 4. The van der Waals surface area contributed by atoms with E-state index < -0.39 is 23.5 Å². The van der Waals surface area contributed by atoms with Gasteiger partial charge in [-0.3, -0.25) is 4.79 Å². The van der Waals surface area contributed by atoms with Crippen molar-refractivity contribution in [2.45, 2.75) is 38.1 Å². The highest BCUT2D eigenvalue weighted by Gasteiger charge is 2.50. The summed E-state index contributed by atoms with van der Waals surface area (Å²) in [7, 11) is 0. The van der Waals surface area contributed by atoms with Gasteiger partial charge in [0.15, 0.2) is 0 Å². The van der Waals surface area contributed by atoms with E-state index in [1.165, 1.54) is 0 Å². The fourth-order valence-corrected chi connectivity index (χ4v) is 4.24. The lowest BCUT2D eigenvalue weighted by Gasteiger charge is -2.19. The smallest absolute Gasteiger partial charge is 0.407 e. The predicted octanol–water partition coefficient (Wildman–Crippen LogP) is 3.29. The number of fused-ring (bicyclic) bond motifs is 3. The molecule has 2 amide bonds. The molecule has 0 spiro atoms. The molecule has 7 nitrogen and oxygen atoms in total. The zero-order valence-electron chi connectivity index (χ0n) is 18.4. The minimum atomic E-state index is -1.13. The molecule has 7 heteroatoms. The van der Waals surface area contributed by atoms with Crippen LogP contribution in [0.25, 0.3) is 11.1 Å². The minimum absolute atomic E-state index is 0.0352. The molecule has 0 heterocycles. The largest absolute Gasteiger partial charge is 0.480 e. The van der Waals surface area contributed by atoms with E-state index in [0.717, 1.165) is 22.3 Å². The summed E-state index contributed by atoms with van der Waals surface area (Å²) in [6.45, 7) is 1.90. The van der Waals surface area contributed by atoms with E-state index in [1.807, 2.05) is 36.4 Å². The van der Waals surface area contributed by atoms with Gasteiger partial charge < -0.3 is 20.5 Å². The molecule has 170 valence electrons. The molecule has 0 aliphatic heterocycles. The van der Waals surface area contributed by atoms with Gasteiger partial charge in [-0.05, 0) is 42.0 Å². The quantitative estimate of drug-likeness (QED) is 0.540. The van der Waals surface area contributed by atoms with Crippen LogP contribution in [-0.4, -0.2) is 42.3 Å². The number of alkyl carbamates (subject to hydrolysis) is 1. The molecule has 3 N–H and O–H groups in total. The molecule has 2 aliphatic rings. The first kappa shape index (κ1) is 22.4. The molecule has 1 fully saturated rings. The number of amides is 2. The van der Waals surface area contributed by atoms with Crippen LogP contribution in [0.1, 0.15) is 43.2 Å². The zero-order valence-corrected chi connectivity index (χ0v) is 18.4. The highest BCUT2D eigenvalue weighted by atomic mass is 16.5. The highest BCUT2D eigenvalue weighted by molar-refractivity contribution is 5.90. The minimum Gasteiger partial charge on any atom is -0.480 e. The maximum atomic E-state index is 12.6. The first-order chi connectivity index (χ1) is 15.9. The Hall–Kier alpha value is -3.79. The molecule has 2 aromatic rings. The standard InChI is InChI=1S/C26H26N2O5/c1-2-3-12-22(23(29)30)28-24(31)26(13-14-26)16-27-25(32)33-15-21-19-10-6-4-8-17(19)18-9-5-7-11-20(18)21/h4-11,21-22H,12-16H2,1H3,(H,27,32)(H,28,31)(H,29,30). The third-order valence-corrected chi connectivity index (χ3v) is 6.34. The molecular formula is C26H26N2O5. The van der Waals surface area contributed by atoms with E-state index in [0.29, 0.717) is 12.8 Å². The summed E-state index contributed by atoms with van der Waals surface area (Å²) in [5.41, 5.74) is 3.76. The molecule has 2 aliphatic carbocycles. The van der Waals surface area contributed by atoms with E-state index in [1.54, 1.807) is 6.92 Å². The van der Waals surface area contributed by atoms with Crippen LogP contribution in [0.3, 0.4) is 0 Å². The summed E-state index contributed by atoms with van der Waals surface area (Å²) in [6.07, 6.45) is 0.596. The van der Waals surface area contributed by atoms with Crippen molar-refractivity contribution < 1.29 is 24.2 Å². The van der Waals surface area contributed by atoms with Crippen molar-refractivity contribution in [1.29, 1.82) is 0 Å². The normalized spacial score (nSPS) is 15.8. The van der Waals surface area contributed by atoms with Crippen LogP contribution in [0, 0.1) is 17.3 Å². The van der Waals surface area contributed by atoms with Gasteiger partial charge in [0.05, 0.1) is 5.41 Å². The summed E-state index contributed by atoms with van der Waals surface area (Å²) in [5, 5.41) is 14.5. The molecule has 0 radical (unpaired) electrons. The van der Waals surface area contributed by atoms with Crippen molar-refractivity contribution in [2.75, 3.05) is 13.2 Å². The Bertz CT molecular complexity index is 1100. The van der Waals surface area contributed by atoms with Crippen molar-refractivity contribution in [3.05, 3.63) is 59.7 Å². The SMILES string of the molecule is CC#CCC(NC(=O)C1(CNC(=O)OCC2c3ccccc3-c3ccccc32)CC1)C(=O)O. The van der Waals surface area contributed by atoms with E-state index in [9.17, 15) is 19.5 Å². The van der Waals surface area contributed by atoms with E-state index in [4.69, 9.17) is 4.74 Å². The summed E-state index contributed by atoms with van der Waals surface area (Å²) >= 11 is 0. The van der Waals surface area contributed by atoms with Gasteiger partial charge >= 0.3 is 12.1 Å². The van der Waals surface area contributed by atoms with Gasteiger partial charge in [0.1, 0.15) is 12.6 Å². The van der Waals surface area contributed by atoms with Gasteiger partial charge in [0.25, 0.3) is 0 Å². The summed E-state index contributed by atoms with van der Waals surface area (Å²) in [6, 6.07) is 15.1. The Kier molecular flexibility index (Phi) is 6.36. The fraction of sp³-hybridized carbons (Fsp3) is 0.346. The lowest BCUT2D eigenvalue weighted by atomic mass is 9.98. The third-order valence-electron chi connectivity index (χ3n) is 6.34. The lowest BCUT2D eigenvalue weighted by molar-refractivity contribution is -0.142. The molecule has 1 saturated carbocycles. The Morgan fingerprint density at radius 2 is 1.70 bits per heavy atom. The second kappa shape index (κ2) is 9.37. The van der Waals surface area contributed by atoms with Gasteiger partial charge in [0, 0.05) is 18.9 Å². The molecule has 1 atom stereocenters. The Morgan fingerprint density at radius 1 is 1.09 bits per heavy atom. The van der Waals surface area contributed by atoms with Crippen LogP contribution in [0.5, 0.6) is 0 Å². The van der Waals surface area contributed by atoms with E-state index in [2.05, 4.69) is 34.6 Å². The monoisotopic (exact) mass is 446 g/mol.